The van der Waals surface area contributed by atoms with Gasteiger partial charge in [0.1, 0.15) is 0 Å². The minimum Gasteiger partial charge on any atom is -0.340 e. The molecule has 0 saturated carbocycles. The molecule has 2 heterocycles. The van der Waals surface area contributed by atoms with Crippen LogP contribution in [-0.2, 0) is 0 Å². The van der Waals surface area contributed by atoms with E-state index in [1.54, 1.807) is 23.4 Å². The predicted octanol–water partition coefficient (Wildman–Crippen LogP) is 0.924. The maximum atomic E-state index is 12.5. The maximum absolute atomic E-state index is 12.5. The van der Waals surface area contributed by atoms with Gasteiger partial charge in [-0.15, -0.1) is 0 Å². The quantitative estimate of drug-likeness (QED) is 0.618. The monoisotopic (exact) mass is 277 g/mol. The molecule has 1 aliphatic heterocycles. The van der Waals surface area contributed by atoms with Crippen LogP contribution in [0.15, 0.2) is 18.5 Å². The second kappa shape index (κ2) is 6.67. The van der Waals surface area contributed by atoms with Crippen molar-refractivity contribution in [2.45, 2.75) is 25.8 Å². The molecule has 110 valence electrons. The lowest BCUT2D eigenvalue weighted by Gasteiger charge is -2.28. The molecule has 1 unspecified atom stereocenters. The van der Waals surface area contributed by atoms with Gasteiger partial charge in [-0.3, -0.25) is 20.5 Å². The van der Waals surface area contributed by atoms with Gasteiger partial charge >= 0.3 is 0 Å². The molecule has 1 amide bonds. The standard InChI is InChI=1S/C14H23N5O/c1-3-19-8-4-5-11(19)10-18(2)14(20)12-9-16-7-6-13(12)17-15/h6-7,9,11H,3-5,8,10,15H2,1-2H3,(H,16,17). The first kappa shape index (κ1) is 14.7. The lowest BCUT2D eigenvalue weighted by molar-refractivity contribution is 0.0755. The lowest BCUT2D eigenvalue weighted by atomic mass is 10.1. The van der Waals surface area contributed by atoms with Crippen molar-refractivity contribution in [2.24, 2.45) is 5.84 Å². The summed E-state index contributed by atoms with van der Waals surface area (Å²) in [6.45, 7) is 5.07. The summed E-state index contributed by atoms with van der Waals surface area (Å²) < 4.78 is 0. The second-order valence-corrected chi connectivity index (χ2v) is 5.18. The summed E-state index contributed by atoms with van der Waals surface area (Å²) in [6.07, 6.45) is 5.53. The minimum atomic E-state index is -0.0472. The number of nitrogens with zero attached hydrogens (tertiary/aromatic N) is 3. The number of nitrogens with one attached hydrogen (secondary N) is 1. The Balaban J connectivity index is 2.05. The molecule has 0 spiro atoms. The molecule has 1 aromatic heterocycles. The SMILES string of the molecule is CCN1CCCC1CN(C)C(=O)c1cnccc1NN. The van der Waals surface area contributed by atoms with E-state index in [1.165, 1.54) is 6.42 Å². The summed E-state index contributed by atoms with van der Waals surface area (Å²) in [5.74, 6) is 5.39. The van der Waals surface area contributed by atoms with Crippen LogP contribution in [0, 0.1) is 0 Å². The predicted molar refractivity (Wildman–Crippen MR) is 79.3 cm³/mol. The zero-order valence-electron chi connectivity index (χ0n) is 12.2. The summed E-state index contributed by atoms with van der Waals surface area (Å²) in [6, 6.07) is 2.16. The fraction of sp³-hybridized carbons (Fsp3) is 0.571. The molecule has 6 heteroatoms. The summed E-state index contributed by atoms with van der Waals surface area (Å²) in [5.41, 5.74) is 3.67. The number of carbonyl (C=O) groups excluding carboxylic acids is 1. The molecule has 0 radical (unpaired) electrons. The highest BCUT2D eigenvalue weighted by Crippen LogP contribution is 2.19. The number of hydrazine groups is 1. The number of amides is 1. The van der Waals surface area contributed by atoms with Crippen LogP contribution in [0.3, 0.4) is 0 Å². The van der Waals surface area contributed by atoms with E-state index >= 15 is 0 Å². The number of likely N-dealkylation sites (N-methyl/N-ethyl adjacent to an activating group) is 2. The fourth-order valence-corrected chi connectivity index (χ4v) is 2.81. The van der Waals surface area contributed by atoms with Crippen molar-refractivity contribution in [1.82, 2.24) is 14.8 Å². The van der Waals surface area contributed by atoms with E-state index in [-0.39, 0.29) is 5.91 Å². The van der Waals surface area contributed by atoms with E-state index in [2.05, 4.69) is 22.2 Å². The highest BCUT2D eigenvalue weighted by atomic mass is 16.2. The van der Waals surface area contributed by atoms with Crippen LogP contribution in [0.1, 0.15) is 30.1 Å². The average Bonchev–Trinajstić information content (AvgIpc) is 2.93. The number of hydrogen-bond acceptors (Lipinski definition) is 5. The van der Waals surface area contributed by atoms with Gasteiger partial charge in [0.2, 0.25) is 0 Å². The third kappa shape index (κ3) is 3.08. The number of nitrogen functional groups attached to an aromatic ring is 1. The Kier molecular flexibility index (Phi) is 4.92. The summed E-state index contributed by atoms with van der Waals surface area (Å²) in [5, 5.41) is 0. The molecular formula is C14H23N5O. The Hall–Kier alpha value is -1.66. The van der Waals surface area contributed by atoms with Crippen molar-refractivity contribution < 1.29 is 4.79 Å². The Labute approximate surface area is 119 Å². The van der Waals surface area contributed by atoms with Crippen LogP contribution >= 0.6 is 0 Å². The van der Waals surface area contributed by atoms with Crippen molar-refractivity contribution in [2.75, 3.05) is 32.1 Å². The van der Waals surface area contributed by atoms with Gasteiger partial charge in [-0.05, 0) is 32.0 Å². The summed E-state index contributed by atoms with van der Waals surface area (Å²) in [4.78, 5) is 20.7. The van der Waals surface area contributed by atoms with Gasteiger partial charge in [0, 0.05) is 32.0 Å². The largest absolute Gasteiger partial charge is 0.340 e. The van der Waals surface area contributed by atoms with Gasteiger partial charge in [0.05, 0.1) is 11.3 Å². The van der Waals surface area contributed by atoms with Crippen molar-refractivity contribution in [3.8, 4) is 0 Å². The summed E-state index contributed by atoms with van der Waals surface area (Å²) >= 11 is 0. The lowest BCUT2D eigenvalue weighted by Crippen LogP contribution is -2.41. The van der Waals surface area contributed by atoms with Crippen molar-refractivity contribution in [3.63, 3.8) is 0 Å². The van der Waals surface area contributed by atoms with E-state index < -0.39 is 0 Å². The van der Waals surface area contributed by atoms with Crippen LogP contribution in [0.2, 0.25) is 0 Å². The number of anilines is 1. The van der Waals surface area contributed by atoms with E-state index in [0.717, 1.165) is 26.1 Å². The third-order valence-electron chi connectivity index (χ3n) is 3.94. The Morgan fingerprint density at radius 3 is 3.15 bits per heavy atom. The Morgan fingerprint density at radius 2 is 2.45 bits per heavy atom. The van der Waals surface area contributed by atoms with Gasteiger partial charge in [0.15, 0.2) is 0 Å². The van der Waals surface area contributed by atoms with Crippen LogP contribution in [-0.4, -0.2) is 53.4 Å². The molecule has 1 saturated heterocycles. The van der Waals surface area contributed by atoms with Gasteiger partial charge in [-0.25, -0.2) is 0 Å². The highest BCUT2D eigenvalue weighted by Gasteiger charge is 2.26. The number of carbonyl (C=O) groups is 1. The van der Waals surface area contributed by atoms with Gasteiger partial charge in [-0.2, -0.15) is 0 Å². The topological polar surface area (TPSA) is 74.5 Å². The first-order valence-electron chi connectivity index (χ1n) is 7.07. The first-order valence-corrected chi connectivity index (χ1v) is 7.07. The maximum Gasteiger partial charge on any atom is 0.257 e. The minimum absolute atomic E-state index is 0.0472. The van der Waals surface area contributed by atoms with Crippen molar-refractivity contribution in [1.29, 1.82) is 0 Å². The normalized spacial score (nSPS) is 19.1. The molecule has 2 rings (SSSR count). The number of aromatic nitrogens is 1. The van der Waals surface area contributed by atoms with Crippen LogP contribution in [0.4, 0.5) is 5.69 Å². The molecule has 6 nitrogen and oxygen atoms in total. The molecule has 0 aliphatic carbocycles. The zero-order valence-corrected chi connectivity index (χ0v) is 12.2. The number of hydrogen-bond donors (Lipinski definition) is 2. The molecule has 20 heavy (non-hydrogen) atoms. The van der Waals surface area contributed by atoms with E-state index in [9.17, 15) is 4.79 Å². The smallest absolute Gasteiger partial charge is 0.257 e. The van der Waals surface area contributed by atoms with E-state index in [4.69, 9.17) is 5.84 Å². The van der Waals surface area contributed by atoms with Crippen LogP contribution in [0.25, 0.3) is 0 Å². The van der Waals surface area contributed by atoms with E-state index in [0.29, 0.717) is 17.3 Å². The molecule has 1 fully saturated rings. The van der Waals surface area contributed by atoms with Gasteiger partial charge < -0.3 is 10.3 Å². The molecular weight excluding hydrogens is 254 g/mol. The number of pyridine rings is 1. The third-order valence-corrected chi connectivity index (χ3v) is 3.94. The Bertz CT molecular complexity index is 465. The van der Waals surface area contributed by atoms with Crippen LogP contribution in [0.5, 0.6) is 0 Å². The molecule has 3 N–H and O–H groups in total. The number of nitrogens with two attached hydrogens (primary N) is 1. The fourth-order valence-electron chi connectivity index (χ4n) is 2.81. The van der Waals surface area contributed by atoms with E-state index in [1.807, 2.05) is 7.05 Å². The molecule has 1 aliphatic rings. The first-order chi connectivity index (χ1) is 9.67. The second-order valence-electron chi connectivity index (χ2n) is 5.18. The Morgan fingerprint density at radius 1 is 1.65 bits per heavy atom. The van der Waals surface area contributed by atoms with Gasteiger partial charge in [-0.1, -0.05) is 6.92 Å². The molecule has 0 bridgehead atoms. The van der Waals surface area contributed by atoms with Crippen molar-refractivity contribution in [3.05, 3.63) is 24.0 Å². The number of likely N-dealkylation sites (tertiary alicyclic amines) is 1. The van der Waals surface area contributed by atoms with Gasteiger partial charge in [0.25, 0.3) is 5.91 Å². The molecule has 0 aromatic carbocycles. The zero-order chi connectivity index (χ0) is 14.5. The summed E-state index contributed by atoms with van der Waals surface area (Å²) in [7, 11) is 1.84. The van der Waals surface area contributed by atoms with Crippen molar-refractivity contribution >= 4 is 11.6 Å². The van der Waals surface area contributed by atoms with Crippen LogP contribution < -0.4 is 11.3 Å². The molecule has 1 atom stereocenters. The molecule has 1 aromatic rings. The highest BCUT2D eigenvalue weighted by molar-refractivity contribution is 5.99. The average molecular weight is 277 g/mol. The number of rotatable bonds is 5.